The summed E-state index contributed by atoms with van der Waals surface area (Å²) in [5.74, 6) is -1.73. The number of aromatic nitrogens is 1. The van der Waals surface area contributed by atoms with Gasteiger partial charge in [-0.2, -0.15) is 0 Å². The molecule has 0 bridgehead atoms. The van der Waals surface area contributed by atoms with Crippen molar-refractivity contribution >= 4 is 34.8 Å². The zero-order chi connectivity index (χ0) is 12.4. The van der Waals surface area contributed by atoms with Crippen LogP contribution in [0.15, 0.2) is 32.9 Å². The van der Waals surface area contributed by atoms with E-state index in [1.807, 2.05) is 0 Å². The van der Waals surface area contributed by atoms with Gasteiger partial charge in [-0.15, -0.1) is 11.3 Å². The molecule has 0 aliphatic rings. The fraction of sp³-hybridized carbons (Fsp3) is 0. The van der Waals surface area contributed by atoms with E-state index >= 15 is 0 Å². The van der Waals surface area contributed by atoms with Crippen LogP contribution in [0.3, 0.4) is 0 Å². The van der Waals surface area contributed by atoms with Gasteiger partial charge in [-0.1, -0.05) is 11.8 Å². The van der Waals surface area contributed by atoms with Crippen molar-refractivity contribution in [3.05, 3.63) is 35.1 Å². The Labute approximate surface area is 104 Å². The monoisotopic (exact) mass is 270 g/mol. The zero-order valence-corrected chi connectivity index (χ0v) is 10.0. The largest absolute Gasteiger partial charge is 0.478 e. The van der Waals surface area contributed by atoms with Gasteiger partial charge in [-0.3, -0.25) is 0 Å². The van der Waals surface area contributed by atoms with Gasteiger partial charge in [0.1, 0.15) is 5.82 Å². The summed E-state index contributed by atoms with van der Waals surface area (Å²) in [5, 5.41) is 10.6. The van der Waals surface area contributed by atoms with Crippen LogP contribution in [0.4, 0.5) is 10.1 Å². The van der Waals surface area contributed by atoms with Crippen LogP contribution >= 0.6 is 23.1 Å². The summed E-state index contributed by atoms with van der Waals surface area (Å²) in [6, 6.07) is 2.23. The lowest BCUT2D eigenvalue weighted by Crippen LogP contribution is -2.03. The lowest BCUT2D eigenvalue weighted by Gasteiger charge is -2.05. The number of benzene rings is 1. The number of anilines is 1. The number of nitrogen functional groups attached to an aromatic ring is 1. The summed E-state index contributed by atoms with van der Waals surface area (Å²) in [7, 11) is 0. The maximum Gasteiger partial charge on any atom is 0.337 e. The van der Waals surface area contributed by atoms with Gasteiger partial charge in [-0.25, -0.2) is 14.2 Å². The second-order valence-corrected chi connectivity index (χ2v) is 5.26. The molecule has 17 heavy (non-hydrogen) atoms. The molecule has 0 aliphatic heterocycles. The number of halogens is 1. The molecule has 0 fully saturated rings. The van der Waals surface area contributed by atoms with E-state index in [1.54, 1.807) is 11.6 Å². The molecule has 1 aromatic heterocycles. The van der Waals surface area contributed by atoms with Gasteiger partial charge in [0.25, 0.3) is 0 Å². The third kappa shape index (κ3) is 2.56. The average molecular weight is 270 g/mol. The third-order valence-corrected chi connectivity index (χ3v) is 3.86. The molecule has 0 aliphatic carbocycles. The number of hydrogen-bond donors (Lipinski definition) is 2. The molecule has 1 aromatic carbocycles. The van der Waals surface area contributed by atoms with Crippen molar-refractivity contribution in [2.45, 2.75) is 9.24 Å². The molecular weight excluding hydrogens is 263 g/mol. The first-order chi connectivity index (χ1) is 8.08. The summed E-state index contributed by atoms with van der Waals surface area (Å²) in [6.45, 7) is 0. The predicted molar refractivity (Wildman–Crippen MR) is 64.0 cm³/mol. The highest BCUT2D eigenvalue weighted by Gasteiger charge is 2.14. The van der Waals surface area contributed by atoms with Gasteiger partial charge in [-0.05, 0) is 12.1 Å². The van der Waals surface area contributed by atoms with Crippen molar-refractivity contribution in [1.82, 2.24) is 4.98 Å². The molecule has 0 unspecified atom stereocenters. The van der Waals surface area contributed by atoms with Crippen LogP contribution in [0.2, 0.25) is 0 Å². The summed E-state index contributed by atoms with van der Waals surface area (Å²) in [4.78, 5) is 15.0. The Morgan fingerprint density at radius 3 is 2.88 bits per heavy atom. The van der Waals surface area contributed by atoms with E-state index in [0.29, 0.717) is 4.34 Å². The van der Waals surface area contributed by atoms with Gasteiger partial charge in [0.05, 0.1) is 10.5 Å². The fourth-order valence-corrected chi connectivity index (χ4v) is 2.81. The van der Waals surface area contributed by atoms with Gasteiger partial charge < -0.3 is 10.8 Å². The topological polar surface area (TPSA) is 76.2 Å². The maximum atomic E-state index is 13.6. The summed E-state index contributed by atoms with van der Waals surface area (Å²) >= 11 is 2.43. The Morgan fingerprint density at radius 2 is 2.29 bits per heavy atom. The quantitative estimate of drug-likeness (QED) is 0.839. The lowest BCUT2D eigenvalue weighted by molar-refractivity contribution is 0.0697. The third-order valence-electron chi connectivity index (χ3n) is 1.94. The van der Waals surface area contributed by atoms with Crippen LogP contribution in [-0.4, -0.2) is 16.1 Å². The van der Waals surface area contributed by atoms with Crippen LogP contribution in [0.5, 0.6) is 0 Å². The average Bonchev–Trinajstić information content (AvgIpc) is 2.74. The Morgan fingerprint density at radius 1 is 1.53 bits per heavy atom. The summed E-state index contributed by atoms with van der Waals surface area (Å²) in [5.41, 5.74) is 5.23. The van der Waals surface area contributed by atoms with Gasteiger partial charge >= 0.3 is 5.97 Å². The van der Waals surface area contributed by atoms with Crippen molar-refractivity contribution in [2.24, 2.45) is 0 Å². The van der Waals surface area contributed by atoms with E-state index in [0.717, 1.165) is 17.8 Å². The highest BCUT2D eigenvalue weighted by atomic mass is 32.2. The number of nitrogens with two attached hydrogens (primary N) is 1. The first-order valence-electron chi connectivity index (χ1n) is 4.47. The number of rotatable bonds is 3. The molecule has 7 heteroatoms. The number of nitrogens with zero attached hydrogens (tertiary/aromatic N) is 1. The minimum Gasteiger partial charge on any atom is -0.478 e. The van der Waals surface area contributed by atoms with Crippen LogP contribution in [-0.2, 0) is 0 Å². The zero-order valence-electron chi connectivity index (χ0n) is 8.38. The van der Waals surface area contributed by atoms with E-state index < -0.39 is 11.8 Å². The predicted octanol–water partition coefficient (Wildman–Crippen LogP) is 2.71. The number of aromatic carboxylic acids is 1. The van der Waals surface area contributed by atoms with Crippen molar-refractivity contribution in [1.29, 1.82) is 0 Å². The SMILES string of the molecule is Nc1cc(F)c(Sc2nccs2)cc1C(=O)O. The molecule has 88 valence electrons. The molecule has 3 N–H and O–H groups in total. The Balaban J connectivity index is 2.40. The second-order valence-electron chi connectivity index (χ2n) is 3.08. The van der Waals surface area contributed by atoms with Gasteiger partial charge in [0.2, 0.25) is 0 Å². The molecule has 0 amide bonds. The number of carbonyl (C=O) groups is 1. The summed E-state index contributed by atoms with van der Waals surface area (Å²) < 4.78 is 14.2. The number of carboxylic acid groups (broad SMARTS) is 1. The van der Waals surface area contributed by atoms with Crippen molar-refractivity contribution < 1.29 is 14.3 Å². The molecule has 2 aromatic rings. The minimum atomic E-state index is -1.18. The van der Waals surface area contributed by atoms with Crippen LogP contribution in [0.1, 0.15) is 10.4 Å². The first kappa shape index (κ1) is 11.9. The van der Waals surface area contributed by atoms with E-state index in [1.165, 1.54) is 17.4 Å². The van der Waals surface area contributed by atoms with Gasteiger partial charge in [0, 0.05) is 17.3 Å². The molecule has 2 rings (SSSR count). The van der Waals surface area contributed by atoms with E-state index in [-0.39, 0.29) is 16.1 Å². The Bertz CT molecular complexity index is 558. The maximum absolute atomic E-state index is 13.6. The Hall–Kier alpha value is -1.60. The van der Waals surface area contributed by atoms with E-state index in [2.05, 4.69) is 4.98 Å². The first-order valence-corrected chi connectivity index (χ1v) is 6.17. The normalized spacial score (nSPS) is 10.4. The van der Waals surface area contributed by atoms with Crippen LogP contribution < -0.4 is 5.73 Å². The van der Waals surface area contributed by atoms with E-state index in [4.69, 9.17) is 10.8 Å². The van der Waals surface area contributed by atoms with Crippen LogP contribution in [0, 0.1) is 5.82 Å². The van der Waals surface area contributed by atoms with Crippen LogP contribution in [0.25, 0.3) is 0 Å². The number of hydrogen-bond acceptors (Lipinski definition) is 5. The highest BCUT2D eigenvalue weighted by Crippen LogP contribution is 2.33. The van der Waals surface area contributed by atoms with Gasteiger partial charge in [0.15, 0.2) is 4.34 Å². The lowest BCUT2D eigenvalue weighted by atomic mass is 10.2. The van der Waals surface area contributed by atoms with Crippen molar-refractivity contribution in [2.75, 3.05) is 5.73 Å². The highest BCUT2D eigenvalue weighted by molar-refractivity contribution is 8.01. The molecule has 4 nitrogen and oxygen atoms in total. The van der Waals surface area contributed by atoms with E-state index in [9.17, 15) is 9.18 Å². The standard InChI is InChI=1S/C10H7FN2O2S2/c11-6-4-7(12)5(9(14)15)3-8(6)17-10-13-1-2-16-10/h1-4H,12H2,(H,14,15). The number of thiazole rings is 1. The second kappa shape index (κ2) is 4.72. The molecule has 0 saturated heterocycles. The number of carboxylic acids is 1. The summed E-state index contributed by atoms with van der Waals surface area (Å²) in [6.07, 6.45) is 1.60. The Kier molecular flexibility index (Phi) is 3.30. The molecule has 0 spiro atoms. The molecule has 0 atom stereocenters. The molecule has 0 radical (unpaired) electrons. The minimum absolute atomic E-state index is 0.0847. The molecule has 1 heterocycles. The fourth-order valence-electron chi connectivity index (χ4n) is 1.19. The van der Waals surface area contributed by atoms with Crippen molar-refractivity contribution in [3.63, 3.8) is 0 Å². The smallest absolute Gasteiger partial charge is 0.337 e. The molecular formula is C10H7FN2O2S2. The molecule has 0 saturated carbocycles. The van der Waals surface area contributed by atoms with Crippen molar-refractivity contribution in [3.8, 4) is 0 Å².